The molecule has 90 valence electrons. The van der Waals surface area contributed by atoms with E-state index in [-0.39, 0.29) is 6.04 Å². The van der Waals surface area contributed by atoms with Crippen molar-refractivity contribution in [1.29, 1.82) is 0 Å². The number of hydrogen-bond donors (Lipinski definition) is 1. The second kappa shape index (κ2) is 4.17. The lowest BCUT2D eigenvalue weighted by atomic mass is 9.75. The summed E-state index contributed by atoms with van der Waals surface area (Å²) in [7, 11) is 0. The molecule has 0 unspecified atom stereocenters. The molecule has 0 spiro atoms. The van der Waals surface area contributed by atoms with E-state index in [1.807, 2.05) is 17.7 Å². The smallest absolute Gasteiger partial charge is 0.119 e. The maximum absolute atomic E-state index is 14.2. The second-order valence-electron chi connectivity index (χ2n) is 4.79. The van der Waals surface area contributed by atoms with E-state index in [0.29, 0.717) is 19.3 Å². The zero-order chi connectivity index (χ0) is 11.8. The Kier molecular flexibility index (Phi) is 3.02. The van der Waals surface area contributed by atoms with Gasteiger partial charge in [0.2, 0.25) is 0 Å². The van der Waals surface area contributed by atoms with Gasteiger partial charge in [-0.15, -0.1) is 0 Å². The van der Waals surface area contributed by atoms with Crippen LogP contribution in [0.2, 0.25) is 0 Å². The molecule has 1 saturated carbocycles. The van der Waals surface area contributed by atoms with Crippen molar-refractivity contribution >= 4 is 0 Å². The van der Waals surface area contributed by atoms with Crippen LogP contribution in [0.15, 0.2) is 6.07 Å². The van der Waals surface area contributed by atoms with Crippen LogP contribution < -0.4 is 5.73 Å². The van der Waals surface area contributed by atoms with Crippen molar-refractivity contribution in [3.63, 3.8) is 0 Å². The van der Waals surface area contributed by atoms with Gasteiger partial charge >= 0.3 is 0 Å². The first-order valence-electron chi connectivity index (χ1n) is 6.06. The molecule has 0 aromatic carbocycles. The maximum Gasteiger partial charge on any atom is 0.119 e. The van der Waals surface area contributed by atoms with Crippen molar-refractivity contribution in [2.24, 2.45) is 5.73 Å². The third-order valence-corrected chi connectivity index (χ3v) is 3.33. The highest BCUT2D eigenvalue weighted by molar-refractivity contribution is 5.15. The molecule has 0 saturated heterocycles. The Bertz CT molecular complexity index is 366. The van der Waals surface area contributed by atoms with Crippen LogP contribution in [0.4, 0.5) is 4.39 Å². The minimum absolute atomic E-state index is 0.0497. The Balaban J connectivity index is 2.11. The third-order valence-electron chi connectivity index (χ3n) is 3.33. The average Bonchev–Trinajstić information content (AvgIpc) is 2.58. The predicted molar refractivity (Wildman–Crippen MR) is 62.0 cm³/mol. The van der Waals surface area contributed by atoms with Crippen molar-refractivity contribution in [3.05, 3.63) is 17.5 Å². The molecule has 2 rings (SSSR count). The summed E-state index contributed by atoms with van der Waals surface area (Å²) in [6.45, 7) is 4.90. The van der Waals surface area contributed by atoms with Crippen molar-refractivity contribution in [2.75, 3.05) is 0 Å². The Labute approximate surface area is 95.8 Å². The fourth-order valence-electron chi connectivity index (χ4n) is 2.45. The molecule has 0 atom stereocenters. The first kappa shape index (κ1) is 11.6. The highest BCUT2D eigenvalue weighted by Gasteiger charge is 2.43. The molecular weight excluding hydrogens is 205 g/mol. The van der Waals surface area contributed by atoms with Gasteiger partial charge in [0.25, 0.3) is 0 Å². The summed E-state index contributed by atoms with van der Waals surface area (Å²) in [6.07, 6.45) is 2.34. The SMILES string of the molecule is CCc1cc(CC2(F)CC(N)C2)n(CC)n1. The second-order valence-corrected chi connectivity index (χ2v) is 4.79. The summed E-state index contributed by atoms with van der Waals surface area (Å²) in [6, 6.07) is 2.07. The summed E-state index contributed by atoms with van der Waals surface area (Å²) in [5, 5.41) is 4.43. The summed E-state index contributed by atoms with van der Waals surface area (Å²) in [5.41, 5.74) is 6.61. The van der Waals surface area contributed by atoms with Gasteiger partial charge in [-0.2, -0.15) is 5.10 Å². The lowest BCUT2D eigenvalue weighted by molar-refractivity contribution is 0.0424. The van der Waals surface area contributed by atoms with Crippen molar-refractivity contribution in [1.82, 2.24) is 9.78 Å². The molecule has 3 nitrogen and oxygen atoms in total. The molecule has 0 bridgehead atoms. The van der Waals surface area contributed by atoms with Crippen molar-refractivity contribution in [2.45, 2.75) is 57.8 Å². The maximum atomic E-state index is 14.2. The number of halogens is 1. The summed E-state index contributed by atoms with van der Waals surface area (Å²) < 4.78 is 16.1. The molecule has 1 aliphatic carbocycles. The fraction of sp³-hybridized carbons (Fsp3) is 0.750. The molecule has 1 aliphatic rings. The van der Waals surface area contributed by atoms with Gasteiger partial charge in [-0.1, -0.05) is 6.92 Å². The molecule has 1 heterocycles. The minimum atomic E-state index is -1.09. The number of nitrogens with two attached hydrogens (primary N) is 1. The van der Waals surface area contributed by atoms with Crippen molar-refractivity contribution in [3.8, 4) is 0 Å². The molecular formula is C12H20FN3. The Hall–Kier alpha value is -0.900. The van der Waals surface area contributed by atoms with Gasteiger partial charge in [-0.3, -0.25) is 4.68 Å². The van der Waals surface area contributed by atoms with E-state index in [0.717, 1.165) is 24.4 Å². The van der Waals surface area contributed by atoms with E-state index in [2.05, 4.69) is 12.0 Å². The topological polar surface area (TPSA) is 43.8 Å². The first-order chi connectivity index (χ1) is 7.56. The van der Waals surface area contributed by atoms with Crippen LogP contribution in [0.25, 0.3) is 0 Å². The van der Waals surface area contributed by atoms with Crippen LogP contribution in [0.1, 0.15) is 38.1 Å². The van der Waals surface area contributed by atoms with Crippen LogP contribution >= 0.6 is 0 Å². The monoisotopic (exact) mass is 225 g/mol. The highest BCUT2D eigenvalue weighted by Crippen LogP contribution is 2.38. The van der Waals surface area contributed by atoms with E-state index in [1.54, 1.807) is 0 Å². The molecule has 1 aromatic rings. The van der Waals surface area contributed by atoms with Crippen molar-refractivity contribution < 1.29 is 4.39 Å². The lowest BCUT2D eigenvalue weighted by Gasteiger charge is -2.39. The number of alkyl halides is 1. The predicted octanol–water partition coefficient (Wildman–Crippen LogP) is 1.84. The quantitative estimate of drug-likeness (QED) is 0.849. The summed E-state index contributed by atoms with van der Waals surface area (Å²) in [5.74, 6) is 0. The van der Waals surface area contributed by atoms with Crippen LogP contribution in [0, 0.1) is 0 Å². The number of hydrogen-bond acceptors (Lipinski definition) is 2. The van der Waals surface area contributed by atoms with Gasteiger partial charge in [-0.05, 0) is 32.3 Å². The number of aromatic nitrogens is 2. The third kappa shape index (κ3) is 2.12. The van der Waals surface area contributed by atoms with E-state index in [9.17, 15) is 4.39 Å². The van der Waals surface area contributed by atoms with Crippen LogP contribution in [-0.4, -0.2) is 21.5 Å². The van der Waals surface area contributed by atoms with E-state index in [1.165, 1.54) is 0 Å². The molecule has 4 heteroatoms. The standard InChI is InChI=1S/C12H20FN3/c1-3-10-5-11(16(4-2)15-10)8-12(13)6-9(14)7-12/h5,9H,3-4,6-8,14H2,1-2H3. The molecule has 2 N–H and O–H groups in total. The van der Waals surface area contributed by atoms with E-state index < -0.39 is 5.67 Å². The molecule has 0 radical (unpaired) electrons. The molecule has 1 fully saturated rings. The van der Waals surface area contributed by atoms with Gasteiger partial charge < -0.3 is 5.73 Å². The largest absolute Gasteiger partial charge is 0.327 e. The normalized spacial score (nSPS) is 29.1. The van der Waals surface area contributed by atoms with Crippen LogP contribution in [-0.2, 0) is 19.4 Å². The molecule has 0 aliphatic heterocycles. The molecule has 1 aromatic heterocycles. The first-order valence-corrected chi connectivity index (χ1v) is 6.06. The molecule has 16 heavy (non-hydrogen) atoms. The van der Waals surface area contributed by atoms with Crippen LogP contribution in [0.5, 0.6) is 0 Å². The van der Waals surface area contributed by atoms with Gasteiger partial charge in [0.05, 0.1) is 5.69 Å². The Morgan fingerprint density at radius 3 is 2.75 bits per heavy atom. The highest BCUT2D eigenvalue weighted by atomic mass is 19.1. The summed E-state index contributed by atoms with van der Waals surface area (Å²) >= 11 is 0. The van der Waals surface area contributed by atoms with Crippen LogP contribution in [0.3, 0.4) is 0 Å². The van der Waals surface area contributed by atoms with E-state index >= 15 is 0 Å². The average molecular weight is 225 g/mol. The number of rotatable bonds is 4. The zero-order valence-electron chi connectivity index (χ0n) is 10.0. The zero-order valence-corrected chi connectivity index (χ0v) is 10.0. The van der Waals surface area contributed by atoms with E-state index in [4.69, 9.17) is 5.73 Å². The fourth-order valence-corrected chi connectivity index (χ4v) is 2.45. The number of nitrogens with zero attached hydrogens (tertiary/aromatic N) is 2. The lowest BCUT2D eigenvalue weighted by Crippen LogP contribution is -2.49. The van der Waals surface area contributed by atoms with Gasteiger partial charge in [0.15, 0.2) is 0 Å². The minimum Gasteiger partial charge on any atom is -0.327 e. The molecule has 0 amide bonds. The van der Waals surface area contributed by atoms with Gasteiger partial charge in [0.1, 0.15) is 5.67 Å². The van der Waals surface area contributed by atoms with Gasteiger partial charge in [-0.25, -0.2) is 4.39 Å². The Morgan fingerprint density at radius 2 is 2.25 bits per heavy atom. The number of aryl methyl sites for hydroxylation is 2. The van der Waals surface area contributed by atoms with Gasteiger partial charge in [0, 0.05) is 24.7 Å². The summed E-state index contributed by atoms with van der Waals surface area (Å²) in [4.78, 5) is 0. The Morgan fingerprint density at radius 1 is 1.56 bits per heavy atom.